The number of benzene rings is 3. The van der Waals surface area contributed by atoms with Crippen LogP contribution in [-0.2, 0) is 16.3 Å². The molecule has 4 nitrogen and oxygen atoms in total. The molecule has 0 aliphatic carbocycles. The molecule has 0 fully saturated rings. The van der Waals surface area contributed by atoms with Gasteiger partial charge in [-0.2, -0.15) is 5.10 Å². The lowest BCUT2D eigenvalue weighted by molar-refractivity contribution is 0.326. The van der Waals surface area contributed by atoms with Crippen LogP contribution in [0.25, 0.3) is 5.69 Å². The topological polar surface area (TPSA) is 53.1 Å². The van der Waals surface area contributed by atoms with Gasteiger partial charge in [0.05, 0.1) is 5.69 Å². The highest BCUT2D eigenvalue weighted by Gasteiger charge is 2.21. The van der Waals surface area contributed by atoms with Crippen LogP contribution in [-0.4, -0.2) is 25.4 Å². The molecule has 1 aromatic heterocycles. The van der Waals surface area contributed by atoms with Crippen molar-refractivity contribution in [2.45, 2.75) is 39.0 Å². The monoisotopic (exact) mass is 472 g/mol. The molecule has 6 heteroatoms. The van der Waals surface area contributed by atoms with E-state index in [0.717, 1.165) is 24.1 Å². The first-order chi connectivity index (χ1) is 16.3. The van der Waals surface area contributed by atoms with Gasteiger partial charge in [-0.25, -0.2) is 9.07 Å². The van der Waals surface area contributed by atoms with Crippen LogP contribution in [0.5, 0.6) is 0 Å². The molecule has 175 valence electrons. The Bertz CT molecular complexity index is 1200. The third-order valence-corrected chi connectivity index (χ3v) is 8.01. The van der Waals surface area contributed by atoms with E-state index in [1.807, 2.05) is 12.3 Å². The van der Waals surface area contributed by atoms with Crippen LogP contribution in [0.2, 0.25) is 0 Å². The Kier molecular flexibility index (Phi) is 7.29. The fourth-order valence-electron chi connectivity index (χ4n) is 3.82. The second-order valence-electron chi connectivity index (χ2n) is 9.44. The van der Waals surface area contributed by atoms with E-state index in [1.54, 1.807) is 16.8 Å². The molecule has 0 atom stereocenters. The number of halogens is 1. The van der Waals surface area contributed by atoms with E-state index < -0.39 is 9.04 Å². The van der Waals surface area contributed by atoms with Crippen molar-refractivity contribution in [2.75, 3.05) is 12.3 Å². The van der Waals surface area contributed by atoms with Crippen LogP contribution in [0.3, 0.4) is 0 Å². The molecular formula is C28H31FN3OSi. The summed E-state index contributed by atoms with van der Waals surface area (Å²) in [6.45, 7) is 7.31. The van der Waals surface area contributed by atoms with Gasteiger partial charge >= 0.3 is 0 Å². The van der Waals surface area contributed by atoms with Gasteiger partial charge < -0.3 is 10.2 Å². The highest BCUT2D eigenvalue weighted by atomic mass is 28.3. The molecular weight excluding hydrogens is 441 g/mol. The summed E-state index contributed by atoms with van der Waals surface area (Å²) < 4.78 is 21.4. The van der Waals surface area contributed by atoms with Crippen molar-refractivity contribution >= 4 is 25.2 Å². The Morgan fingerprint density at radius 3 is 2.21 bits per heavy atom. The molecule has 0 aliphatic rings. The Morgan fingerprint density at radius 1 is 0.912 bits per heavy atom. The molecule has 1 heterocycles. The maximum absolute atomic E-state index is 13.2. The summed E-state index contributed by atoms with van der Waals surface area (Å²) in [5.74, 6) is 0.223. The normalized spacial score (nSPS) is 11.8. The lowest BCUT2D eigenvalue weighted by Crippen LogP contribution is -2.45. The molecule has 0 saturated carbocycles. The van der Waals surface area contributed by atoms with Gasteiger partial charge in [-0.1, -0.05) is 75.4 Å². The van der Waals surface area contributed by atoms with Crippen LogP contribution in [0.1, 0.15) is 38.3 Å². The maximum Gasteiger partial charge on any atom is 0.282 e. The Balaban J connectivity index is 1.42. The number of nitrogen functional groups attached to an aromatic ring is 1. The summed E-state index contributed by atoms with van der Waals surface area (Å²) in [5.41, 5.74) is 9.33. The number of aryl methyl sites for hydroxylation is 1. The van der Waals surface area contributed by atoms with E-state index in [1.165, 1.54) is 28.1 Å². The molecule has 3 aromatic carbocycles. The third kappa shape index (κ3) is 5.82. The number of nitrogens with zero attached hydrogens (tertiary/aromatic N) is 2. The summed E-state index contributed by atoms with van der Waals surface area (Å²) >= 11 is 0. The maximum atomic E-state index is 13.2. The molecule has 0 bridgehead atoms. The Morgan fingerprint density at radius 2 is 1.56 bits per heavy atom. The van der Waals surface area contributed by atoms with Gasteiger partial charge in [-0.05, 0) is 58.5 Å². The highest BCUT2D eigenvalue weighted by Crippen LogP contribution is 2.21. The number of hydrogen-bond acceptors (Lipinski definition) is 3. The van der Waals surface area contributed by atoms with Crippen molar-refractivity contribution in [1.82, 2.24) is 9.78 Å². The summed E-state index contributed by atoms with van der Waals surface area (Å²) in [6, 6.07) is 25.5. The van der Waals surface area contributed by atoms with Gasteiger partial charge in [-0.15, -0.1) is 0 Å². The number of aromatic nitrogens is 2. The fourth-order valence-corrected chi connectivity index (χ4v) is 5.80. The van der Waals surface area contributed by atoms with Crippen LogP contribution in [0.15, 0.2) is 85.1 Å². The van der Waals surface area contributed by atoms with Gasteiger partial charge in [-0.3, -0.25) is 0 Å². The van der Waals surface area contributed by atoms with Crippen molar-refractivity contribution < 1.29 is 8.82 Å². The van der Waals surface area contributed by atoms with Gasteiger partial charge in [0.1, 0.15) is 11.6 Å². The summed E-state index contributed by atoms with van der Waals surface area (Å²) in [7, 11) is -1.35. The zero-order valence-electron chi connectivity index (χ0n) is 20.0. The molecule has 1 radical (unpaired) electrons. The lowest BCUT2D eigenvalue weighted by atomic mass is 9.87. The van der Waals surface area contributed by atoms with Crippen molar-refractivity contribution in [3.05, 3.63) is 102 Å². The second kappa shape index (κ2) is 10.4. The summed E-state index contributed by atoms with van der Waals surface area (Å²) in [6.07, 6.45) is 3.51. The minimum atomic E-state index is -1.35. The van der Waals surface area contributed by atoms with E-state index in [0.29, 0.717) is 12.4 Å². The molecule has 2 N–H and O–H groups in total. The first-order valence-corrected chi connectivity index (χ1v) is 13.0. The second-order valence-corrected chi connectivity index (χ2v) is 11.5. The van der Waals surface area contributed by atoms with Crippen molar-refractivity contribution in [1.29, 1.82) is 0 Å². The van der Waals surface area contributed by atoms with Crippen LogP contribution in [0.4, 0.5) is 10.2 Å². The zero-order chi connectivity index (χ0) is 24.1. The van der Waals surface area contributed by atoms with E-state index in [2.05, 4.69) is 74.4 Å². The van der Waals surface area contributed by atoms with Crippen molar-refractivity contribution in [2.24, 2.45) is 0 Å². The lowest BCUT2D eigenvalue weighted by Gasteiger charge is -2.21. The number of nitrogens with two attached hydrogens (primary N) is 1. The zero-order valence-corrected chi connectivity index (χ0v) is 21.0. The quantitative estimate of drug-likeness (QED) is 0.300. The summed E-state index contributed by atoms with van der Waals surface area (Å²) in [5, 5.41) is 6.86. The smallest absolute Gasteiger partial charge is 0.282 e. The molecule has 4 aromatic rings. The van der Waals surface area contributed by atoms with Crippen LogP contribution >= 0.6 is 0 Å². The number of anilines is 1. The molecule has 4 rings (SSSR count). The van der Waals surface area contributed by atoms with E-state index >= 15 is 0 Å². The van der Waals surface area contributed by atoms with Crippen LogP contribution < -0.4 is 16.1 Å². The Labute approximate surface area is 202 Å². The van der Waals surface area contributed by atoms with Crippen molar-refractivity contribution in [3.8, 4) is 5.69 Å². The minimum absolute atomic E-state index is 0.122. The largest absolute Gasteiger partial charge is 0.407 e. The average molecular weight is 473 g/mol. The predicted molar refractivity (Wildman–Crippen MR) is 139 cm³/mol. The highest BCUT2D eigenvalue weighted by molar-refractivity contribution is 6.80. The minimum Gasteiger partial charge on any atom is -0.407 e. The van der Waals surface area contributed by atoms with Gasteiger partial charge in [0, 0.05) is 18.4 Å². The van der Waals surface area contributed by atoms with E-state index in [-0.39, 0.29) is 11.2 Å². The molecule has 0 saturated heterocycles. The standard InChI is InChI=1S/C28H31FN3OSi/c1-28(2,3)22-11-17-26(18-12-22)34(25-9-5-4-6-10-25)33-19-7-8-21-20-32(31-27(21)30)24-15-13-23(29)14-16-24/h4-6,9-18,20H,7-8,19H2,1-3H3,(H2,30,31). The van der Waals surface area contributed by atoms with Gasteiger partial charge in [0.15, 0.2) is 0 Å². The molecule has 0 spiro atoms. The van der Waals surface area contributed by atoms with Crippen LogP contribution in [0, 0.1) is 5.82 Å². The predicted octanol–water partition coefficient (Wildman–Crippen LogP) is 4.65. The Hall–Kier alpha value is -3.22. The molecule has 0 aliphatic heterocycles. The third-order valence-electron chi connectivity index (χ3n) is 5.80. The van der Waals surface area contributed by atoms with E-state index in [9.17, 15) is 4.39 Å². The summed E-state index contributed by atoms with van der Waals surface area (Å²) in [4.78, 5) is 0. The van der Waals surface area contributed by atoms with Gasteiger partial charge in [0.25, 0.3) is 9.04 Å². The number of rotatable bonds is 8. The molecule has 0 amide bonds. The van der Waals surface area contributed by atoms with E-state index in [4.69, 9.17) is 10.2 Å². The fraction of sp³-hybridized carbons (Fsp3) is 0.250. The number of hydrogen-bond donors (Lipinski definition) is 1. The molecule has 34 heavy (non-hydrogen) atoms. The SMILES string of the molecule is CC(C)(C)c1ccc([Si](OCCCc2cn(-c3ccc(F)cc3)nc2N)c2ccccc2)cc1. The van der Waals surface area contributed by atoms with Crippen molar-refractivity contribution in [3.63, 3.8) is 0 Å². The van der Waals surface area contributed by atoms with Gasteiger partial charge in [0.2, 0.25) is 0 Å². The first-order valence-electron chi connectivity index (χ1n) is 11.6. The average Bonchev–Trinajstić information content (AvgIpc) is 3.20. The molecule has 0 unspecified atom stereocenters. The first kappa shape index (κ1) is 23.9.